The zero-order valence-electron chi connectivity index (χ0n) is 9.68. The topological polar surface area (TPSA) is 18.5 Å². The zero-order valence-corrected chi connectivity index (χ0v) is 9.68. The van der Waals surface area contributed by atoms with E-state index in [2.05, 4.69) is 0 Å². The molecule has 1 aromatic carbocycles. The van der Waals surface area contributed by atoms with Crippen LogP contribution in [0.1, 0.15) is 6.92 Å². The molecule has 0 aliphatic heterocycles. The minimum Gasteiger partial charge on any atom is -0.455 e. The highest BCUT2D eigenvalue weighted by Crippen LogP contribution is 2.29. The predicted molar refractivity (Wildman–Crippen MR) is 64.6 cm³/mol. The van der Waals surface area contributed by atoms with E-state index < -0.39 is 12.0 Å². The Morgan fingerprint density at radius 1 is 1.24 bits per heavy atom. The Hall–Kier alpha value is -1.61. The van der Waals surface area contributed by atoms with Crippen molar-refractivity contribution in [1.29, 1.82) is 0 Å². The molecule has 0 saturated carbocycles. The number of rotatable bonds is 4. The highest BCUT2D eigenvalue weighted by Gasteiger charge is 2.40. The van der Waals surface area contributed by atoms with Gasteiger partial charge in [-0.15, -0.1) is 0 Å². The minimum absolute atomic E-state index is 0.380. The van der Waals surface area contributed by atoms with Gasteiger partial charge in [0.15, 0.2) is 6.17 Å². The van der Waals surface area contributed by atoms with Gasteiger partial charge < -0.3 is 9.47 Å². The lowest BCUT2D eigenvalue weighted by Crippen LogP contribution is -2.46. The number of ether oxygens (including phenoxy) is 2. The summed E-state index contributed by atoms with van der Waals surface area (Å²) in [5.74, 6) is -0.756. The zero-order chi connectivity index (χ0) is 12.1. The molecule has 0 saturated heterocycles. The molecule has 0 heterocycles. The van der Waals surface area contributed by atoms with Gasteiger partial charge in [-0.05, 0) is 31.2 Å². The summed E-state index contributed by atoms with van der Waals surface area (Å²) >= 11 is 0. The molecule has 1 aliphatic carbocycles. The lowest BCUT2D eigenvalue weighted by Gasteiger charge is -2.34. The Kier molecular flexibility index (Phi) is 3.59. The largest absolute Gasteiger partial charge is 0.455 e. The molecule has 3 heteroatoms. The quantitative estimate of drug-likeness (QED) is 0.744. The fourth-order valence-electron chi connectivity index (χ4n) is 1.72. The van der Waals surface area contributed by atoms with Crippen molar-refractivity contribution in [2.45, 2.75) is 18.9 Å². The number of hydrogen-bond acceptors (Lipinski definition) is 2. The van der Waals surface area contributed by atoms with Crippen molar-refractivity contribution in [1.82, 2.24) is 0 Å². The maximum absolute atomic E-state index is 14.0. The first-order chi connectivity index (χ1) is 8.27. The van der Waals surface area contributed by atoms with Gasteiger partial charge in [0.1, 0.15) is 5.75 Å². The normalized spacial score (nSPS) is 27.1. The van der Waals surface area contributed by atoms with E-state index in [1.807, 2.05) is 25.1 Å². The fraction of sp³-hybridized carbons (Fsp3) is 0.286. The molecule has 90 valence electrons. The minimum atomic E-state index is -1.34. The molecule has 2 atom stereocenters. The van der Waals surface area contributed by atoms with Crippen molar-refractivity contribution >= 4 is 0 Å². The summed E-state index contributed by atoms with van der Waals surface area (Å²) in [6, 6.07) is 9.11. The molecular weight excluding hydrogens is 219 g/mol. The highest BCUT2D eigenvalue weighted by atomic mass is 19.1. The molecule has 0 radical (unpaired) electrons. The van der Waals surface area contributed by atoms with Crippen molar-refractivity contribution in [2.24, 2.45) is 0 Å². The number of halogens is 1. The van der Waals surface area contributed by atoms with Crippen LogP contribution in [0.25, 0.3) is 0 Å². The molecule has 2 unspecified atom stereocenters. The van der Waals surface area contributed by atoms with E-state index in [1.165, 1.54) is 6.08 Å². The monoisotopic (exact) mass is 234 g/mol. The van der Waals surface area contributed by atoms with E-state index in [1.54, 1.807) is 30.4 Å². The number of hydrogen-bond donors (Lipinski definition) is 0. The van der Waals surface area contributed by atoms with Gasteiger partial charge in [0.25, 0.3) is 5.79 Å². The van der Waals surface area contributed by atoms with Gasteiger partial charge in [-0.1, -0.05) is 30.4 Å². The SMILES string of the molecule is CCOC1(Oc2ccccc2)C=CC=CC1F. The summed E-state index contributed by atoms with van der Waals surface area (Å²) < 4.78 is 25.1. The van der Waals surface area contributed by atoms with Crippen LogP contribution < -0.4 is 4.74 Å². The average molecular weight is 234 g/mol. The number of para-hydroxylation sites is 1. The maximum atomic E-state index is 14.0. The van der Waals surface area contributed by atoms with Crippen LogP contribution in [0.5, 0.6) is 5.75 Å². The van der Waals surface area contributed by atoms with Crippen molar-refractivity contribution in [2.75, 3.05) is 6.61 Å². The van der Waals surface area contributed by atoms with Crippen LogP contribution in [0.3, 0.4) is 0 Å². The third kappa shape index (κ3) is 2.56. The Labute approximate surface area is 100 Å². The third-order valence-corrected chi connectivity index (χ3v) is 2.49. The van der Waals surface area contributed by atoms with E-state index in [4.69, 9.17) is 9.47 Å². The summed E-state index contributed by atoms with van der Waals surface area (Å²) in [4.78, 5) is 0. The average Bonchev–Trinajstić information content (AvgIpc) is 2.35. The molecule has 0 spiro atoms. The molecule has 0 bridgehead atoms. The van der Waals surface area contributed by atoms with Crippen LogP contribution in [0.2, 0.25) is 0 Å². The molecular formula is C14H15FO2. The molecule has 1 aromatic rings. The first-order valence-electron chi connectivity index (χ1n) is 5.65. The van der Waals surface area contributed by atoms with Gasteiger partial charge in [0, 0.05) is 6.61 Å². The summed E-state index contributed by atoms with van der Waals surface area (Å²) in [6.45, 7) is 2.19. The van der Waals surface area contributed by atoms with Gasteiger partial charge in [0.2, 0.25) is 0 Å². The molecule has 2 rings (SSSR count). The van der Waals surface area contributed by atoms with Crippen LogP contribution in [-0.4, -0.2) is 18.6 Å². The van der Waals surface area contributed by atoms with Crippen molar-refractivity contribution in [3.05, 3.63) is 54.6 Å². The van der Waals surface area contributed by atoms with E-state index >= 15 is 0 Å². The summed E-state index contributed by atoms with van der Waals surface area (Å²) in [5, 5.41) is 0. The van der Waals surface area contributed by atoms with Gasteiger partial charge in [0.05, 0.1) is 0 Å². The molecule has 0 amide bonds. The smallest absolute Gasteiger partial charge is 0.265 e. The Morgan fingerprint density at radius 2 is 2.00 bits per heavy atom. The summed E-state index contributed by atoms with van der Waals surface area (Å²) in [5.41, 5.74) is 0. The maximum Gasteiger partial charge on any atom is 0.265 e. The second-order valence-corrected chi connectivity index (χ2v) is 3.72. The molecule has 0 aromatic heterocycles. The fourth-order valence-corrected chi connectivity index (χ4v) is 1.72. The van der Waals surface area contributed by atoms with Gasteiger partial charge in [-0.25, -0.2) is 4.39 Å². The third-order valence-electron chi connectivity index (χ3n) is 2.49. The van der Waals surface area contributed by atoms with E-state index in [9.17, 15) is 4.39 Å². The van der Waals surface area contributed by atoms with Crippen molar-refractivity contribution < 1.29 is 13.9 Å². The number of benzene rings is 1. The highest BCUT2D eigenvalue weighted by molar-refractivity contribution is 5.27. The molecule has 0 N–H and O–H groups in total. The van der Waals surface area contributed by atoms with Gasteiger partial charge in [-0.2, -0.15) is 0 Å². The lowest BCUT2D eigenvalue weighted by atomic mass is 10.1. The molecule has 0 fully saturated rings. The van der Waals surface area contributed by atoms with E-state index in [0.29, 0.717) is 12.4 Å². The van der Waals surface area contributed by atoms with Crippen LogP contribution in [0, 0.1) is 0 Å². The van der Waals surface area contributed by atoms with Crippen LogP contribution in [0.4, 0.5) is 4.39 Å². The Morgan fingerprint density at radius 3 is 2.65 bits per heavy atom. The Balaban J connectivity index is 2.23. The van der Waals surface area contributed by atoms with Crippen molar-refractivity contribution in [3.8, 4) is 5.75 Å². The summed E-state index contributed by atoms with van der Waals surface area (Å²) in [6.07, 6.45) is 5.10. The van der Waals surface area contributed by atoms with Crippen LogP contribution in [0.15, 0.2) is 54.6 Å². The second kappa shape index (κ2) is 5.15. The molecule has 2 nitrogen and oxygen atoms in total. The second-order valence-electron chi connectivity index (χ2n) is 3.72. The van der Waals surface area contributed by atoms with Crippen LogP contribution >= 0.6 is 0 Å². The standard InChI is InChI=1S/C14H15FO2/c1-2-16-14(11-7-6-10-13(14)15)17-12-8-4-3-5-9-12/h3-11,13H,2H2,1H3. The first-order valence-corrected chi connectivity index (χ1v) is 5.65. The Bertz CT molecular complexity index is 413. The van der Waals surface area contributed by atoms with E-state index in [0.717, 1.165) is 0 Å². The van der Waals surface area contributed by atoms with Gasteiger partial charge >= 0.3 is 0 Å². The van der Waals surface area contributed by atoms with Crippen molar-refractivity contribution in [3.63, 3.8) is 0 Å². The number of allylic oxidation sites excluding steroid dienone is 2. The predicted octanol–water partition coefficient (Wildman–Crippen LogP) is 3.26. The molecule has 1 aliphatic rings. The van der Waals surface area contributed by atoms with Gasteiger partial charge in [-0.3, -0.25) is 0 Å². The first kappa shape index (κ1) is 11.9. The molecule has 17 heavy (non-hydrogen) atoms. The van der Waals surface area contributed by atoms with E-state index in [-0.39, 0.29) is 0 Å². The summed E-state index contributed by atoms with van der Waals surface area (Å²) in [7, 11) is 0. The lowest BCUT2D eigenvalue weighted by molar-refractivity contribution is -0.173. The number of alkyl halides is 1. The van der Waals surface area contributed by atoms with Crippen LogP contribution in [-0.2, 0) is 4.74 Å².